The van der Waals surface area contributed by atoms with Gasteiger partial charge in [-0.1, -0.05) is 35.9 Å². The lowest BCUT2D eigenvalue weighted by atomic mass is 10.0. The van der Waals surface area contributed by atoms with Gasteiger partial charge in [0.2, 0.25) is 0 Å². The van der Waals surface area contributed by atoms with Gasteiger partial charge in [-0.05, 0) is 5.56 Å². The van der Waals surface area contributed by atoms with Gasteiger partial charge in [-0.3, -0.25) is 0 Å². The van der Waals surface area contributed by atoms with Gasteiger partial charge in [0.1, 0.15) is 17.7 Å². The Hall–Kier alpha value is -2.43. The van der Waals surface area contributed by atoms with Crippen LogP contribution in [0.4, 0.5) is 0 Å². The summed E-state index contributed by atoms with van der Waals surface area (Å²) in [5, 5.41) is 19.3. The SMILES string of the molecule is N#CC(C#N)=C1C(Cl)=C(N2CCOCCOCCOCCOCCOCC2)c2ccccc21. The van der Waals surface area contributed by atoms with Crippen molar-refractivity contribution in [3.8, 4) is 12.1 Å². The van der Waals surface area contributed by atoms with Crippen LogP contribution < -0.4 is 0 Å². The van der Waals surface area contributed by atoms with Gasteiger partial charge in [0, 0.05) is 24.2 Å². The third-order valence-corrected chi connectivity index (χ3v) is 5.54. The van der Waals surface area contributed by atoms with Crippen molar-refractivity contribution in [2.45, 2.75) is 0 Å². The van der Waals surface area contributed by atoms with Crippen LogP contribution in [-0.2, 0) is 23.7 Å². The van der Waals surface area contributed by atoms with Crippen molar-refractivity contribution in [1.82, 2.24) is 4.90 Å². The van der Waals surface area contributed by atoms with Crippen LogP contribution in [0.5, 0.6) is 0 Å². The molecule has 1 saturated heterocycles. The van der Waals surface area contributed by atoms with Gasteiger partial charge in [-0.15, -0.1) is 0 Å². The topological polar surface area (TPSA) is 97.0 Å². The highest BCUT2D eigenvalue weighted by molar-refractivity contribution is 6.42. The van der Waals surface area contributed by atoms with Gasteiger partial charge in [0.25, 0.3) is 0 Å². The van der Waals surface area contributed by atoms with Crippen LogP contribution in [0, 0.1) is 22.7 Å². The van der Waals surface area contributed by atoms with E-state index in [1.807, 2.05) is 36.4 Å². The quantitative estimate of drug-likeness (QED) is 0.574. The highest BCUT2D eigenvalue weighted by Crippen LogP contribution is 2.46. The average Bonchev–Trinajstić information content (AvgIpc) is 3.12. The molecule has 0 N–H and O–H groups in total. The molecule has 1 aliphatic carbocycles. The summed E-state index contributed by atoms with van der Waals surface area (Å²) in [5.74, 6) is 0. The van der Waals surface area contributed by atoms with Gasteiger partial charge in [0.05, 0.1) is 76.8 Å². The number of allylic oxidation sites excluding steroid dienone is 3. The normalized spacial score (nSPS) is 19.7. The molecule has 2 aliphatic rings. The molecule has 1 aromatic rings. The average molecular weight is 474 g/mol. The molecule has 176 valence electrons. The van der Waals surface area contributed by atoms with Gasteiger partial charge in [0.15, 0.2) is 0 Å². The molecule has 1 heterocycles. The van der Waals surface area contributed by atoms with Crippen molar-refractivity contribution >= 4 is 22.9 Å². The van der Waals surface area contributed by atoms with Crippen molar-refractivity contribution in [1.29, 1.82) is 10.5 Å². The highest BCUT2D eigenvalue weighted by Gasteiger charge is 2.31. The lowest BCUT2D eigenvalue weighted by Gasteiger charge is -2.27. The van der Waals surface area contributed by atoms with E-state index in [0.717, 1.165) is 16.8 Å². The third-order valence-electron chi connectivity index (χ3n) is 5.17. The van der Waals surface area contributed by atoms with Crippen molar-refractivity contribution in [3.63, 3.8) is 0 Å². The van der Waals surface area contributed by atoms with Crippen LogP contribution in [0.25, 0.3) is 11.3 Å². The fourth-order valence-electron chi connectivity index (χ4n) is 3.62. The summed E-state index contributed by atoms with van der Waals surface area (Å²) in [6.45, 7) is 5.99. The largest absolute Gasteiger partial charge is 0.377 e. The summed E-state index contributed by atoms with van der Waals surface area (Å²) in [5.41, 5.74) is 2.90. The minimum atomic E-state index is -0.00498. The monoisotopic (exact) mass is 473 g/mol. The number of ether oxygens (including phenoxy) is 5. The lowest BCUT2D eigenvalue weighted by molar-refractivity contribution is -0.0159. The molecule has 0 aromatic heterocycles. The Bertz CT molecular complexity index is 901. The van der Waals surface area contributed by atoms with Crippen LogP contribution in [0.1, 0.15) is 11.1 Å². The van der Waals surface area contributed by atoms with Crippen LogP contribution in [-0.4, -0.2) is 84.1 Å². The molecule has 0 amide bonds. The second-order valence-corrected chi connectivity index (χ2v) is 7.61. The molecule has 1 aliphatic heterocycles. The molecular formula is C24H28ClN3O5. The summed E-state index contributed by atoms with van der Waals surface area (Å²) < 4.78 is 28.0. The van der Waals surface area contributed by atoms with E-state index < -0.39 is 0 Å². The lowest BCUT2D eigenvalue weighted by Crippen LogP contribution is -2.30. The van der Waals surface area contributed by atoms with Crippen LogP contribution in [0.2, 0.25) is 0 Å². The van der Waals surface area contributed by atoms with E-state index in [9.17, 15) is 10.5 Å². The molecule has 0 bridgehead atoms. The number of rotatable bonds is 1. The number of hydrogen-bond donors (Lipinski definition) is 0. The molecule has 0 unspecified atom stereocenters. The molecule has 0 saturated carbocycles. The van der Waals surface area contributed by atoms with Gasteiger partial charge >= 0.3 is 0 Å². The molecule has 33 heavy (non-hydrogen) atoms. The first-order valence-corrected chi connectivity index (χ1v) is 11.3. The third kappa shape index (κ3) is 7.02. The maximum Gasteiger partial charge on any atom is 0.139 e. The van der Waals surface area contributed by atoms with Crippen LogP contribution >= 0.6 is 11.6 Å². The Morgan fingerprint density at radius 3 is 1.58 bits per heavy atom. The molecule has 0 radical (unpaired) electrons. The standard InChI is InChI=1S/C24H28ClN3O5/c25-23-22(19(17-26)18-27)20-3-1-2-4-21(20)24(23)28-5-7-29-9-11-31-13-15-33-16-14-32-12-10-30-8-6-28/h1-4H,5-16H2. The van der Waals surface area contributed by atoms with Gasteiger partial charge in [-0.2, -0.15) is 10.5 Å². The van der Waals surface area contributed by atoms with Crippen molar-refractivity contribution in [3.05, 3.63) is 46.0 Å². The maximum absolute atomic E-state index is 9.47. The zero-order valence-corrected chi connectivity index (χ0v) is 19.3. The van der Waals surface area contributed by atoms with E-state index in [-0.39, 0.29) is 5.57 Å². The van der Waals surface area contributed by atoms with E-state index in [2.05, 4.69) is 4.90 Å². The smallest absolute Gasteiger partial charge is 0.139 e. The number of hydrogen-bond acceptors (Lipinski definition) is 8. The molecule has 3 rings (SSSR count). The van der Waals surface area contributed by atoms with Crippen molar-refractivity contribution < 1.29 is 23.7 Å². The number of nitrogens with zero attached hydrogens (tertiary/aromatic N) is 3. The van der Waals surface area contributed by atoms with E-state index in [1.165, 1.54) is 0 Å². The molecule has 9 heteroatoms. The second-order valence-electron chi connectivity index (χ2n) is 7.23. The maximum atomic E-state index is 9.47. The zero-order valence-electron chi connectivity index (χ0n) is 18.6. The van der Waals surface area contributed by atoms with Crippen molar-refractivity contribution in [2.24, 2.45) is 0 Å². The minimum Gasteiger partial charge on any atom is -0.377 e. The first-order chi connectivity index (χ1) is 16.3. The van der Waals surface area contributed by atoms with E-state index in [4.69, 9.17) is 35.3 Å². The Kier molecular flexibility index (Phi) is 10.7. The summed E-state index contributed by atoms with van der Waals surface area (Å²) in [4.78, 5) is 2.08. The van der Waals surface area contributed by atoms with Crippen molar-refractivity contribution in [2.75, 3.05) is 79.2 Å². The fraction of sp³-hybridized carbons (Fsp3) is 0.500. The number of halogens is 1. The first-order valence-electron chi connectivity index (χ1n) is 11.0. The second kappa shape index (κ2) is 14.0. The number of fused-ring (bicyclic) bond motifs is 1. The predicted molar refractivity (Wildman–Crippen MR) is 123 cm³/mol. The molecular weight excluding hydrogens is 446 g/mol. The molecule has 0 spiro atoms. The summed E-state index contributed by atoms with van der Waals surface area (Å²) in [6, 6.07) is 11.6. The molecule has 1 fully saturated rings. The Labute approximate surface area is 199 Å². The Balaban J connectivity index is 1.78. The van der Waals surface area contributed by atoms with Gasteiger partial charge < -0.3 is 28.6 Å². The van der Waals surface area contributed by atoms with E-state index in [1.54, 1.807) is 0 Å². The summed E-state index contributed by atoms with van der Waals surface area (Å²) in [7, 11) is 0. The van der Waals surface area contributed by atoms with E-state index in [0.29, 0.717) is 89.8 Å². The zero-order chi connectivity index (χ0) is 23.3. The Morgan fingerprint density at radius 2 is 1.12 bits per heavy atom. The van der Waals surface area contributed by atoms with Gasteiger partial charge in [-0.25, -0.2) is 0 Å². The fourth-order valence-corrected chi connectivity index (χ4v) is 4.04. The Morgan fingerprint density at radius 1 is 0.697 bits per heavy atom. The predicted octanol–water partition coefficient (Wildman–Crippen LogP) is 2.81. The highest BCUT2D eigenvalue weighted by atomic mass is 35.5. The minimum absolute atomic E-state index is 0.00498. The number of benzene rings is 1. The van der Waals surface area contributed by atoms with E-state index >= 15 is 0 Å². The molecule has 1 aromatic carbocycles. The van der Waals surface area contributed by atoms with Crippen LogP contribution in [0.15, 0.2) is 34.9 Å². The van der Waals surface area contributed by atoms with Crippen LogP contribution in [0.3, 0.4) is 0 Å². The molecule has 8 nitrogen and oxygen atoms in total. The summed E-state index contributed by atoms with van der Waals surface area (Å²) >= 11 is 6.79. The number of nitriles is 2. The first kappa shape index (κ1) is 25.2. The molecule has 0 atom stereocenters. The summed E-state index contributed by atoms with van der Waals surface area (Å²) in [6.07, 6.45) is 0.